The van der Waals surface area contributed by atoms with Crippen LogP contribution >= 0.6 is 0 Å². The fourth-order valence-electron chi connectivity index (χ4n) is 3.06. The molecule has 0 radical (unpaired) electrons. The van der Waals surface area contributed by atoms with Gasteiger partial charge in [-0.15, -0.1) is 6.58 Å². The number of esters is 1. The Hall–Kier alpha value is -2.33. The molecule has 4 nitrogen and oxygen atoms in total. The Bertz CT molecular complexity index is 676. The predicted octanol–water partition coefficient (Wildman–Crippen LogP) is 3.02. The molecule has 4 heteroatoms. The van der Waals surface area contributed by atoms with E-state index in [1.54, 1.807) is 0 Å². The van der Waals surface area contributed by atoms with Crippen LogP contribution in [0.2, 0.25) is 0 Å². The van der Waals surface area contributed by atoms with Crippen molar-refractivity contribution in [3.63, 3.8) is 0 Å². The van der Waals surface area contributed by atoms with E-state index in [0.717, 1.165) is 25.3 Å². The Morgan fingerprint density at radius 3 is 2.77 bits per heavy atom. The number of benzene rings is 1. The van der Waals surface area contributed by atoms with Gasteiger partial charge in [-0.2, -0.15) is 0 Å². The number of ether oxygens (including phenoxy) is 1. The average molecular weight is 296 g/mol. The molecule has 0 unspecified atom stereocenters. The number of aromatic nitrogens is 1. The molecule has 0 fully saturated rings. The molecular weight excluding hydrogens is 276 g/mol. The van der Waals surface area contributed by atoms with Crippen LogP contribution < -0.4 is 0 Å². The lowest BCUT2D eigenvalue weighted by Crippen LogP contribution is -2.37. The SMILES string of the molecule is C=C[C@H]1CN(Cc2ccccc2)Cc2ccc(C(=O)OC)n21. The van der Waals surface area contributed by atoms with Gasteiger partial charge >= 0.3 is 5.97 Å². The van der Waals surface area contributed by atoms with E-state index in [4.69, 9.17) is 4.74 Å². The molecule has 22 heavy (non-hydrogen) atoms. The van der Waals surface area contributed by atoms with Gasteiger partial charge in [0.15, 0.2) is 0 Å². The zero-order valence-corrected chi connectivity index (χ0v) is 12.7. The van der Waals surface area contributed by atoms with E-state index in [0.29, 0.717) is 5.69 Å². The molecular formula is C18H20N2O2. The van der Waals surface area contributed by atoms with E-state index in [-0.39, 0.29) is 12.0 Å². The maximum atomic E-state index is 11.9. The molecule has 0 spiro atoms. The van der Waals surface area contributed by atoms with Crippen molar-refractivity contribution in [3.05, 3.63) is 72.1 Å². The Balaban J connectivity index is 1.85. The summed E-state index contributed by atoms with van der Waals surface area (Å²) in [6, 6.07) is 14.3. The van der Waals surface area contributed by atoms with E-state index < -0.39 is 0 Å². The predicted molar refractivity (Wildman–Crippen MR) is 85.6 cm³/mol. The number of fused-ring (bicyclic) bond motifs is 1. The number of carbonyl (C=O) groups is 1. The van der Waals surface area contributed by atoms with E-state index in [1.807, 2.05) is 28.8 Å². The van der Waals surface area contributed by atoms with Gasteiger partial charge in [0.05, 0.1) is 13.2 Å². The van der Waals surface area contributed by atoms with E-state index in [2.05, 4.69) is 35.7 Å². The normalized spacial score (nSPS) is 17.8. The van der Waals surface area contributed by atoms with E-state index in [1.165, 1.54) is 12.7 Å². The van der Waals surface area contributed by atoms with Crippen LogP contribution in [0, 0.1) is 0 Å². The number of hydrogen-bond acceptors (Lipinski definition) is 3. The van der Waals surface area contributed by atoms with Crippen molar-refractivity contribution in [1.82, 2.24) is 9.47 Å². The van der Waals surface area contributed by atoms with Gasteiger partial charge in [-0.25, -0.2) is 4.79 Å². The van der Waals surface area contributed by atoms with Crippen LogP contribution in [-0.4, -0.2) is 29.1 Å². The highest BCUT2D eigenvalue weighted by Gasteiger charge is 2.27. The van der Waals surface area contributed by atoms with Crippen molar-refractivity contribution in [2.75, 3.05) is 13.7 Å². The fourth-order valence-corrected chi connectivity index (χ4v) is 3.06. The third-order valence-electron chi connectivity index (χ3n) is 4.08. The molecule has 0 amide bonds. The van der Waals surface area contributed by atoms with Gasteiger partial charge in [-0.3, -0.25) is 4.90 Å². The molecule has 1 aromatic heterocycles. The fraction of sp³-hybridized carbons (Fsp3) is 0.278. The van der Waals surface area contributed by atoms with Gasteiger partial charge < -0.3 is 9.30 Å². The van der Waals surface area contributed by atoms with Crippen LogP contribution in [0.5, 0.6) is 0 Å². The molecule has 1 aliphatic rings. The second-order valence-electron chi connectivity index (χ2n) is 5.53. The summed E-state index contributed by atoms with van der Waals surface area (Å²) < 4.78 is 6.91. The molecule has 1 atom stereocenters. The summed E-state index contributed by atoms with van der Waals surface area (Å²) in [6.07, 6.45) is 1.90. The number of carbonyl (C=O) groups excluding carboxylic acids is 1. The second kappa shape index (κ2) is 6.20. The maximum Gasteiger partial charge on any atom is 0.354 e. The lowest BCUT2D eigenvalue weighted by atomic mass is 10.1. The second-order valence-corrected chi connectivity index (χ2v) is 5.53. The molecule has 2 aromatic rings. The van der Waals surface area contributed by atoms with Crippen molar-refractivity contribution in [2.45, 2.75) is 19.1 Å². The molecule has 0 N–H and O–H groups in total. The van der Waals surface area contributed by atoms with E-state index in [9.17, 15) is 4.79 Å². The minimum Gasteiger partial charge on any atom is -0.464 e. The van der Waals surface area contributed by atoms with Crippen molar-refractivity contribution in [2.24, 2.45) is 0 Å². The number of hydrogen-bond donors (Lipinski definition) is 0. The molecule has 0 aliphatic carbocycles. The highest BCUT2D eigenvalue weighted by molar-refractivity contribution is 5.88. The first kappa shape index (κ1) is 14.6. The summed E-state index contributed by atoms with van der Waals surface area (Å²) in [4.78, 5) is 14.3. The third kappa shape index (κ3) is 2.70. The lowest BCUT2D eigenvalue weighted by Gasteiger charge is -2.34. The molecule has 1 aliphatic heterocycles. The molecule has 1 aromatic carbocycles. The van der Waals surface area contributed by atoms with Crippen molar-refractivity contribution < 1.29 is 9.53 Å². The first-order valence-corrected chi connectivity index (χ1v) is 7.40. The maximum absolute atomic E-state index is 11.9. The summed E-state index contributed by atoms with van der Waals surface area (Å²) in [5.74, 6) is -0.297. The standard InChI is InChI=1S/C18H20N2O2/c1-3-15-12-19(11-14-7-5-4-6-8-14)13-16-9-10-17(20(15)16)18(21)22-2/h3-10,15H,1,11-13H2,2H3/t15-/m0/s1. The quantitative estimate of drug-likeness (QED) is 0.642. The summed E-state index contributed by atoms with van der Waals surface area (Å²) in [5, 5.41) is 0. The zero-order chi connectivity index (χ0) is 15.5. The third-order valence-corrected chi connectivity index (χ3v) is 4.08. The Morgan fingerprint density at radius 1 is 1.32 bits per heavy atom. The number of nitrogens with zero attached hydrogens (tertiary/aromatic N) is 2. The highest BCUT2D eigenvalue weighted by Crippen LogP contribution is 2.27. The molecule has 2 heterocycles. The van der Waals surface area contributed by atoms with Crippen LogP contribution in [0.3, 0.4) is 0 Å². The minimum absolute atomic E-state index is 0.0802. The number of rotatable bonds is 4. The van der Waals surface area contributed by atoms with Gasteiger partial charge in [-0.1, -0.05) is 36.4 Å². The topological polar surface area (TPSA) is 34.5 Å². The Kier molecular flexibility index (Phi) is 4.11. The van der Waals surface area contributed by atoms with Crippen molar-refractivity contribution in [3.8, 4) is 0 Å². The van der Waals surface area contributed by atoms with Crippen LogP contribution in [0.15, 0.2) is 55.1 Å². The van der Waals surface area contributed by atoms with Crippen LogP contribution in [0.1, 0.15) is 27.8 Å². The Morgan fingerprint density at radius 2 is 2.09 bits per heavy atom. The Labute approximate surface area is 130 Å². The van der Waals surface area contributed by atoms with Crippen LogP contribution in [0.4, 0.5) is 0 Å². The van der Waals surface area contributed by atoms with Crippen molar-refractivity contribution >= 4 is 5.97 Å². The largest absolute Gasteiger partial charge is 0.464 e. The van der Waals surface area contributed by atoms with Crippen molar-refractivity contribution in [1.29, 1.82) is 0 Å². The molecule has 0 saturated heterocycles. The smallest absolute Gasteiger partial charge is 0.354 e. The summed E-state index contributed by atoms with van der Waals surface area (Å²) >= 11 is 0. The molecule has 0 saturated carbocycles. The summed E-state index contributed by atoms with van der Waals surface area (Å²) in [7, 11) is 1.41. The van der Waals surface area contributed by atoms with Gasteiger partial charge in [-0.05, 0) is 17.7 Å². The van der Waals surface area contributed by atoms with Gasteiger partial charge in [0, 0.05) is 25.3 Å². The first-order chi connectivity index (χ1) is 10.7. The highest BCUT2D eigenvalue weighted by atomic mass is 16.5. The number of methoxy groups -OCH3 is 1. The lowest BCUT2D eigenvalue weighted by molar-refractivity contribution is 0.0581. The summed E-state index contributed by atoms with van der Waals surface area (Å²) in [5.41, 5.74) is 3.01. The average Bonchev–Trinajstić information content (AvgIpc) is 2.98. The molecule has 0 bridgehead atoms. The monoisotopic (exact) mass is 296 g/mol. The van der Waals surface area contributed by atoms with Gasteiger partial charge in [0.25, 0.3) is 0 Å². The summed E-state index contributed by atoms with van der Waals surface area (Å²) in [6.45, 7) is 6.48. The van der Waals surface area contributed by atoms with Gasteiger partial charge in [0.2, 0.25) is 0 Å². The first-order valence-electron chi connectivity index (χ1n) is 7.40. The zero-order valence-electron chi connectivity index (χ0n) is 12.7. The van der Waals surface area contributed by atoms with Crippen LogP contribution in [-0.2, 0) is 17.8 Å². The molecule has 114 valence electrons. The molecule has 3 rings (SSSR count). The minimum atomic E-state index is -0.297. The van der Waals surface area contributed by atoms with E-state index >= 15 is 0 Å². The van der Waals surface area contributed by atoms with Gasteiger partial charge in [0.1, 0.15) is 5.69 Å². The van der Waals surface area contributed by atoms with Crippen LogP contribution in [0.25, 0.3) is 0 Å².